The van der Waals surface area contributed by atoms with E-state index in [-0.39, 0.29) is 41.3 Å². The predicted molar refractivity (Wildman–Crippen MR) is 80.1 cm³/mol. The van der Waals surface area contributed by atoms with Gasteiger partial charge in [0, 0.05) is 5.92 Å². The average molecular weight is 335 g/mol. The molecule has 2 amide bonds. The molecule has 1 saturated heterocycles. The summed E-state index contributed by atoms with van der Waals surface area (Å²) in [6, 6.07) is 6.57. The molecule has 5 atom stereocenters. The molecule has 2 N–H and O–H groups in total. The molecule has 0 aromatic heterocycles. The molecule has 4 rings (SSSR count). The van der Waals surface area contributed by atoms with Crippen molar-refractivity contribution in [3.63, 3.8) is 0 Å². The van der Waals surface area contributed by atoms with Crippen LogP contribution in [0, 0.1) is 23.7 Å². The molecule has 2 saturated carbocycles. The smallest absolute Gasteiger partial charge is 0.310 e. The Balaban J connectivity index is 1.42. The summed E-state index contributed by atoms with van der Waals surface area (Å²) in [5.74, 6) is -1.58. The van der Waals surface area contributed by atoms with Gasteiger partial charge < -0.3 is 4.74 Å². The zero-order valence-electron chi connectivity index (χ0n) is 12.1. The first kappa shape index (κ1) is 14.5. The van der Waals surface area contributed by atoms with Gasteiger partial charge in [0.15, 0.2) is 0 Å². The van der Waals surface area contributed by atoms with Crippen molar-refractivity contribution in [2.24, 2.45) is 23.7 Å². The molecule has 2 bridgehead atoms. The van der Waals surface area contributed by atoms with E-state index in [1.165, 1.54) is 0 Å². The molecule has 6 nitrogen and oxygen atoms in total. The van der Waals surface area contributed by atoms with Crippen LogP contribution >= 0.6 is 11.6 Å². The largest absolute Gasteiger partial charge is 0.462 e. The maximum absolute atomic E-state index is 12.4. The van der Waals surface area contributed by atoms with Gasteiger partial charge in [-0.05, 0) is 30.9 Å². The standard InChI is InChI=1S/C16H15ClN2O4/c17-10-4-2-1-3-8(10)14(20)18-19-15(21)12-7-5-9-11(6-7)23-16(22)13(9)12/h1-4,7,9,11-13H,5-6H2,(H,18,20)(H,19,21)/t7-,9-,11-,12-,13+/m1/s1. The monoisotopic (exact) mass is 334 g/mol. The molecule has 0 radical (unpaired) electrons. The molecule has 1 heterocycles. The molecule has 1 aromatic rings. The molecule has 1 aromatic carbocycles. The van der Waals surface area contributed by atoms with Crippen molar-refractivity contribution in [2.75, 3.05) is 0 Å². The van der Waals surface area contributed by atoms with Crippen molar-refractivity contribution in [3.05, 3.63) is 34.9 Å². The molecular weight excluding hydrogens is 320 g/mol. The Kier molecular flexibility index (Phi) is 3.30. The molecule has 0 unspecified atom stereocenters. The molecule has 7 heteroatoms. The molecule has 1 aliphatic heterocycles. The SMILES string of the molecule is O=C(NNC(=O)[C@@H]1[C@@H]2C[C@H]3[C@@H]1C(=O)O[C@@H]3C2)c1ccccc1Cl. The van der Waals surface area contributed by atoms with Crippen LogP contribution in [0.4, 0.5) is 0 Å². The van der Waals surface area contributed by atoms with Gasteiger partial charge in [-0.2, -0.15) is 0 Å². The van der Waals surface area contributed by atoms with Crippen molar-refractivity contribution < 1.29 is 19.1 Å². The second kappa shape index (κ2) is 5.23. The third-order valence-electron chi connectivity index (χ3n) is 5.20. The summed E-state index contributed by atoms with van der Waals surface area (Å²) in [4.78, 5) is 36.4. The minimum Gasteiger partial charge on any atom is -0.462 e. The van der Waals surface area contributed by atoms with Crippen molar-refractivity contribution in [3.8, 4) is 0 Å². The lowest BCUT2D eigenvalue weighted by Crippen LogP contribution is -2.48. The Morgan fingerprint density at radius 1 is 1.17 bits per heavy atom. The highest BCUT2D eigenvalue weighted by Crippen LogP contribution is 2.57. The van der Waals surface area contributed by atoms with Crippen LogP contribution < -0.4 is 10.9 Å². The van der Waals surface area contributed by atoms with Gasteiger partial charge in [0.1, 0.15) is 6.10 Å². The summed E-state index contributed by atoms with van der Waals surface area (Å²) >= 11 is 5.95. The normalized spacial score (nSPS) is 33.4. The van der Waals surface area contributed by atoms with E-state index in [1.54, 1.807) is 24.3 Å². The Hall–Kier alpha value is -2.08. The molecule has 23 heavy (non-hydrogen) atoms. The lowest BCUT2D eigenvalue weighted by Gasteiger charge is -2.23. The van der Waals surface area contributed by atoms with Gasteiger partial charge in [-0.25, -0.2) is 0 Å². The summed E-state index contributed by atoms with van der Waals surface area (Å²) in [7, 11) is 0. The second-order valence-corrected chi connectivity index (χ2v) is 6.75. The fourth-order valence-electron chi connectivity index (χ4n) is 4.28. The molecule has 120 valence electrons. The van der Waals surface area contributed by atoms with Crippen LogP contribution in [-0.4, -0.2) is 23.9 Å². The fourth-order valence-corrected chi connectivity index (χ4v) is 4.50. The Morgan fingerprint density at radius 3 is 2.74 bits per heavy atom. The number of carbonyl (C=O) groups is 3. The minimum atomic E-state index is -0.487. The highest BCUT2D eigenvalue weighted by Gasteiger charge is 2.63. The van der Waals surface area contributed by atoms with Crippen LogP contribution in [0.15, 0.2) is 24.3 Å². The van der Waals surface area contributed by atoms with Crippen LogP contribution in [0.3, 0.4) is 0 Å². The number of hydrogen-bond donors (Lipinski definition) is 2. The van der Waals surface area contributed by atoms with Crippen LogP contribution in [0.2, 0.25) is 5.02 Å². The Morgan fingerprint density at radius 2 is 1.96 bits per heavy atom. The van der Waals surface area contributed by atoms with Crippen molar-refractivity contribution in [1.29, 1.82) is 0 Å². The lowest BCUT2D eigenvalue weighted by molar-refractivity contribution is -0.146. The summed E-state index contributed by atoms with van der Waals surface area (Å²) in [5.41, 5.74) is 5.09. The van der Waals surface area contributed by atoms with E-state index >= 15 is 0 Å². The van der Waals surface area contributed by atoms with Crippen molar-refractivity contribution >= 4 is 29.4 Å². The van der Waals surface area contributed by atoms with Crippen molar-refractivity contribution in [1.82, 2.24) is 10.9 Å². The lowest BCUT2D eigenvalue weighted by atomic mass is 9.79. The summed E-state index contributed by atoms with van der Waals surface area (Å²) in [6.45, 7) is 0. The van der Waals surface area contributed by atoms with Crippen LogP contribution in [0.5, 0.6) is 0 Å². The Bertz CT molecular complexity index is 705. The van der Waals surface area contributed by atoms with Gasteiger partial charge in [0.2, 0.25) is 5.91 Å². The number of hydrazine groups is 1. The van der Waals surface area contributed by atoms with E-state index in [4.69, 9.17) is 16.3 Å². The fraction of sp³-hybridized carbons (Fsp3) is 0.438. The quantitative estimate of drug-likeness (QED) is 0.630. The Labute approximate surface area is 137 Å². The number of ether oxygens (including phenoxy) is 1. The average Bonchev–Trinajstić information content (AvgIpc) is 3.14. The zero-order valence-corrected chi connectivity index (χ0v) is 12.9. The predicted octanol–water partition coefficient (Wildman–Crippen LogP) is 1.30. The maximum Gasteiger partial charge on any atom is 0.310 e. The number of fused-ring (bicyclic) bond motifs is 1. The zero-order chi connectivity index (χ0) is 16.1. The van der Waals surface area contributed by atoms with E-state index in [0.717, 1.165) is 12.8 Å². The molecule has 3 fully saturated rings. The number of esters is 1. The molecule has 0 spiro atoms. The van der Waals surface area contributed by atoms with E-state index in [2.05, 4.69) is 10.9 Å². The number of amides is 2. The topological polar surface area (TPSA) is 84.5 Å². The molecule has 3 aliphatic rings. The summed E-state index contributed by atoms with van der Waals surface area (Å²) in [6.07, 6.45) is 1.57. The number of benzene rings is 1. The second-order valence-electron chi connectivity index (χ2n) is 6.35. The van der Waals surface area contributed by atoms with Gasteiger partial charge in [0.05, 0.1) is 22.4 Å². The van der Waals surface area contributed by atoms with Crippen LogP contribution in [0.1, 0.15) is 23.2 Å². The number of rotatable bonds is 2. The van der Waals surface area contributed by atoms with E-state index in [0.29, 0.717) is 5.02 Å². The number of hydrogen-bond acceptors (Lipinski definition) is 4. The van der Waals surface area contributed by atoms with Gasteiger partial charge in [-0.3, -0.25) is 25.2 Å². The third-order valence-corrected chi connectivity index (χ3v) is 5.53. The number of halogens is 1. The first-order valence-corrected chi connectivity index (χ1v) is 7.99. The summed E-state index contributed by atoms with van der Waals surface area (Å²) < 4.78 is 5.31. The number of nitrogens with one attached hydrogen (secondary N) is 2. The highest BCUT2D eigenvalue weighted by molar-refractivity contribution is 6.33. The van der Waals surface area contributed by atoms with E-state index in [1.807, 2.05) is 0 Å². The van der Waals surface area contributed by atoms with E-state index in [9.17, 15) is 14.4 Å². The number of carbonyl (C=O) groups excluding carboxylic acids is 3. The minimum absolute atomic E-state index is 0.0146. The first-order valence-electron chi connectivity index (χ1n) is 7.61. The maximum atomic E-state index is 12.4. The van der Waals surface area contributed by atoms with Gasteiger partial charge in [-0.15, -0.1) is 0 Å². The van der Waals surface area contributed by atoms with Gasteiger partial charge >= 0.3 is 5.97 Å². The first-order chi connectivity index (χ1) is 11.1. The molecule has 2 aliphatic carbocycles. The van der Waals surface area contributed by atoms with Crippen LogP contribution in [0.25, 0.3) is 0 Å². The third kappa shape index (κ3) is 2.20. The van der Waals surface area contributed by atoms with E-state index < -0.39 is 11.8 Å². The summed E-state index contributed by atoms with van der Waals surface area (Å²) in [5, 5.41) is 0.307. The van der Waals surface area contributed by atoms with Crippen molar-refractivity contribution in [2.45, 2.75) is 18.9 Å². The van der Waals surface area contributed by atoms with Gasteiger partial charge in [0.25, 0.3) is 5.91 Å². The van der Waals surface area contributed by atoms with Crippen LogP contribution in [-0.2, 0) is 14.3 Å². The highest BCUT2D eigenvalue weighted by atomic mass is 35.5. The van der Waals surface area contributed by atoms with Gasteiger partial charge in [-0.1, -0.05) is 23.7 Å². The molecular formula is C16H15ClN2O4.